The van der Waals surface area contributed by atoms with Crippen molar-refractivity contribution in [2.24, 2.45) is 5.92 Å². The summed E-state index contributed by atoms with van der Waals surface area (Å²) in [6, 6.07) is 14.6. The van der Waals surface area contributed by atoms with Gasteiger partial charge in [-0.2, -0.15) is 0 Å². The molecular weight excluding hydrogens is 470 g/mol. The molecule has 8 nitrogen and oxygen atoms in total. The van der Waals surface area contributed by atoms with Crippen molar-refractivity contribution in [3.8, 4) is 0 Å². The van der Waals surface area contributed by atoms with Crippen LogP contribution in [0.1, 0.15) is 54.2 Å². The maximum Gasteiger partial charge on any atom is 0.270 e. The highest BCUT2D eigenvalue weighted by atomic mass is 32.2. The summed E-state index contributed by atoms with van der Waals surface area (Å²) in [5.41, 5.74) is 3.51. The zero-order chi connectivity index (χ0) is 24.3. The van der Waals surface area contributed by atoms with Crippen molar-refractivity contribution in [1.29, 1.82) is 0 Å². The number of piperidine rings is 1. The topological polar surface area (TPSA) is 104 Å². The highest BCUT2D eigenvalue weighted by molar-refractivity contribution is 7.91. The van der Waals surface area contributed by atoms with Crippen molar-refractivity contribution in [3.63, 3.8) is 0 Å². The molecule has 2 atom stereocenters. The largest absolute Gasteiger partial charge is 0.371 e. The van der Waals surface area contributed by atoms with Gasteiger partial charge in [0.05, 0.1) is 0 Å². The van der Waals surface area contributed by atoms with Crippen LogP contribution in [0.4, 0.5) is 10.8 Å². The molecule has 10 heteroatoms. The first-order valence-corrected chi connectivity index (χ1v) is 13.6. The average Bonchev–Trinajstić information content (AvgIpc) is 3.29. The molecule has 1 aliphatic heterocycles. The van der Waals surface area contributed by atoms with E-state index in [9.17, 15) is 13.2 Å². The predicted molar refractivity (Wildman–Crippen MR) is 135 cm³/mol. The molecule has 0 spiro atoms. The highest BCUT2D eigenvalue weighted by Gasteiger charge is 2.24. The Labute approximate surface area is 204 Å². The fourth-order valence-electron chi connectivity index (χ4n) is 3.99. The van der Waals surface area contributed by atoms with Crippen LogP contribution in [0.3, 0.4) is 0 Å². The molecule has 1 fully saturated rings. The number of sulfonamides is 1. The van der Waals surface area contributed by atoms with Gasteiger partial charge in [0.1, 0.15) is 0 Å². The van der Waals surface area contributed by atoms with Gasteiger partial charge in [0.2, 0.25) is 9.47 Å². The van der Waals surface area contributed by atoms with Crippen LogP contribution in [0.25, 0.3) is 0 Å². The summed E-state index contributed by atoms with van der Waals surface area (Å²) in [7, 11) is -3.90. The summed E-state index contributed by atoms with van der Waals surface area (Å²) in [5.74, 6) is 0.308. The molecule has 34 heavy (non-hydrogen) atoms. The normalized spacial score (nSPS) is 17.4. The fraction of sp³-hybridized carbons (Fsp3) is 0.375. The first-order chi connectivity index (χ1) is 16.2. The Bertz CT molecular complexity index is 1240. The Morgan fingerprint density at radius 3 is 2.50 bits per heavy atom. The SMILES string of the molecule is Cc1ccc(C(=O)Nc2nnc(S(=O)(=O)N[C@H](C)c3ccc(N4CCC[C@H](C)C4)cc3)s2)cc1. The van der Waals surface area contributed by atoms with Gasteiger partial charge in [-0.25, -0.2) is 13.1 Å². The maximum absolute atomic E-state index is 12.8. The summed E-state index contributed by atoms with van der Waals surface area (Å²) >= 11 is 0.813. The molecule has 180 valence electrons. The van der Waals surface area contributed by atoms with Crippen LogP contribution in [0, 0.1) is 12.8 Å². The molecule has 0 unspecified atom stereocenters. The lowest BCUT2D eigenvalue weighted by molar-refractivity contribution is 0.102. The van der Waals surface area contributed by atoms with E-state index in [4.69, 9.17) is 0 Å². The van der Waals surface area contributed by atoms with E-state index in [1.807, 2.05) is 43.3 Å². The second-order valence-electron chi connectivity index (χ2n) is 8.82. The van der Waals surface area contributed by atoms with Gasteiger partial charge in [0.25, 0.3) is 15.9 Å². The number of hydrogen-bond acceptors (Lipinski definition) is 7. The van der Waals surface area contributed by atoms with Gasteiger partial charge in [-0.3, -0.25) is 10.1 Å². The quantitative estimate of drug-likeness (QED) is 0.468. The number of rotatable bonds is 7. The van der Waals surface area contributed by atoms with Crippen LogP contribution in [0.2, 0.25) is 0 Å². The van der Waals surface area contributed by atoms with Gasteiger partial charge < -0.3 is 4.90 Å². The van der Waals surface area contributed by atoms with Gasteiger partial charge in [-0.1, -0.05) is 48.1 Å². The monoisotopic (exact) mass is 499 g/mol. The Hall–Kier alpha value is -2.82. The third kappa shape index (κ3) is 5.81. The number of benzene rings is 2. The number of amides is 1. The molecule has 2 aromatic carbocycles. The Morgan fingerprint density at radius 1 is 1.12 bits per heavy atom. The smallest absolute Gasteiger partial charge is 0.270 e. The zero-order valence-electron chi connectivity index (χ0n) is 19.5. The van der Waals surface area contributed by atoms with E-state index in [0.29, 0.717) is 11.5 Å². The minimum Gasteiger partial charge on any atom is -0.371 e. The van der Waals surface area contributed by atoms with Crippen molar-refractivity contribution in [3.05, 3.63) is 65.2 Å². The van der Waals surface area contributed by atoms with Crippen LogP contribution in [-0.2, 0) is 10.0 Å². The number of nitrogens with zero attached hydrogens (tertiary/aromatic N) is 3. The number of aryl methyl sites for hydroxylation is 1. The Balaban J connectivity index is 1.39. The van der Waals surface area contributed by atoms with Crippen molar-refractivity contribution < 1.29 is 13.2 Å². The summed E-state index contributed by atoms with van der Waals surface area (Å²) in [4.78, 5) is 14.7. The van der Waals surface area contributed by atoms with Crippen LogP contribution in [0.15, 0.2) is 52.9 Å². The summed E-state index contributed by atoms with van der Waals surface area (Å²) < 4.78 is 28.2. The summed E-state index contributed by atoms with van der Waals surface area (Å²) in [5, 5.41) is 10.3. The van der Waals surface area contributed by atoms with Crippen LogP contribution >= 0.6 is 11.3 Å². The third-order valence-electron chi connectivity index (χ3n) is 5.92. The maximum atomic E-state index is 12.8. The first kappa shape index (κ1) is 24.3. The van der Waals surface area contributed by atoms with Crippen molar-refractivity contribution >= 4 is 38.1 Å². The van der Waals surface area contributed by atoms with Crippen molar-refractivity contribution in [2.45, 2.75) is 44.0 Å². The van der Waals surface area contributed by atoms with Gasteiger partial charge >= 0.3 is 0 Å². The number of carbonyl (C=O) groups excluding carboxylic acids is 1. The molecule has 0 bridgehead atoms. The van der Waals surface area contributed by atoms with Gasteiger partial charge in [-0.05, 0) is 62.4 Å². The van der Waals surface area contributed by atoms with Crippen molar-refractivity contribution in [2.75, 3.05) is 23.3 Å². The fourth-order valence-corrected chi connectivity index (χ4v) is 6.14. The van der Waals surface area contributed by atoms with E-state index in [-0.39, 0.29) is 15.4 Å². The number of anilines is 2. The van der Waals surface area contributed by atoms with E-state index in [1.165, 1.54) is 12.8 Å². The lowest BCUT2D eigenvalue weighted by atomic mass is 9.99. The van der Waals surface area contributed by atoms with Crippen molar-refractivity contribution in [1.82, 2.24) is 14.9 Å². The lowest BCUT2D eigenvalue weighted by Crippen LogP contribution is -2.34. The summed E-state index contributed by atoms with van der Waals surface area (Å²) in [6.45, 7) is 8.08. The Morgan fingerprint density at radius 2 is 1.82 bits per heavy atom. The number of hydrogen-bond donors (Lipinski definition) is 2. The molecule has 1 saturated heterocycles. The van der Waals surface area contributed by atoms with Gasteiger partial charge in [0.15, 0.2) is 0 Å². The second kappa shape index (κ2) is 10.2. The molecule has 0 radical (unpaired) electrons. The van der Waals surface area contributed by atoms with Crippen LogP contribution < -0.4 is 14.9 Å². The molecule has 1 aliphatic rings. The molecule has 4 rings (SSSR count). The second-order valence-corrected chi connectivity index (χ2v) is 11.7. The number of carbonyl (C=O) groups is 1. The molecule has 2 heterocycles. The van der Waals surface area contributed by atoms with E-state index in [1.54, 1.807) is 19.1 Å². The molecule has 0 saturated carbocycles. The zero-order valence-corrected chi connectivity index (χ0v) is 21.1. The standard InChI is InChI=1S/C24H29N5O3S2/c1-16-6-8-20(9-7-16)22(30)25-23-26-27-24(33-23)34(31,32)28-18(3)19-10-12-21(13-11-19)29-14-4-5-17(2)15-29/h6-13,17-18,28H,4-5,14-15H2,1-3H3,(H,25,26,30)/t17-,18+/m0/s1. The van der Waals surface area contributed by atoms with E-state index >= 15 is 0 Å². The third-order valence-corrected chi connectivity index (χ3v) is 8.66. The number of nitrogens with one attached hydrogen (secondary N) is 2. The molecule has 1 amide bonds. The molecule has 0 aliphatic carbocycles. The molecule has 2 N–H and O–H groups in total. The molecular formula is C24H29N5O3S2. The molecule has 3 aromatic rings. The first-order valence-electron chi connectivity index (χ1n) is 11.3. The molecule has 1 aromatic heterocycles. The average molecular weight is 500 g/mol. The van der Waals surface area contributed by atoms with E-state index < -0.39 is 16.1 Å². The van der Waals surface area contributed by atoms with Crippen LogP contribution in [-0.4, -0.2) is 37.6 Å². The number of aromatic nitrogens is 2. The van der Waals surface area contributed by atoms with Gasteiger partial charge in [-0.15, -0.1) is 10.2 Å². The minimum absolute atomic E-state index is 0.124. The van der Waals surface area contributed by atoms with Crippen LogP contribution in [0.5, 0.6) is 0 Å². The lowest BCUT2D eigenvalue weighted by Gasteiger charge is -2.33. The predicted octanol–water partition coefficient (Wildman–Crippen LogP) is 4.37. The van der Waals surface area contributed by atoms with Gasteiger partial charge in [0, 0.05) is 30.4 Å². The minimum atomic E-state index is -3.90. The summed E-state index contributed by atoms with van der Waals surface area (Å²) in [6.07, 6.45) is 2.45. The van der Waals surface area contributed by atoms with E-state index in [0.717, 1.165) is 41.2 Å². The highest BCUT2D eigenvalue weighted by Crippen LogP contribution is 2.26. The Kier molecular flexibility index (Phi) is 7.30. The van der Waals surface area contributed by atoms with E-state index in [2.05, 4.69) is 32.1 Å².